The Morgan fingerprint density at radius 3 is 3.00 bits per heavy atom. The number of thiazole rings is 1. The number of aromatic nitrogens is 3. The van der Waals surface area contributed by atoms with Crippen LogP contribution in [0.4, 0.5) is 5.82 Å². The van der Waals surface area contributed by atoms with Crippen LogP contribution in [0.2, 0.25) is 0 Å². The van der Waals surface area contributed by atoms with Gasteiger partial charge in [-0.15, -0.1) is 0 Å². The van der Waals surface area contributed by atoms with E-state index in [2.05, 4.69) is 10.1 Å². The molecule has 0 amide bonds. The molecule has 0 spiro atoms. The lowest BCUT2D eigenvalue weighted by Gasteiger charge is -1.96. The summed E-state index contributed by atoms with van der Waals surface area (Å²) in [5.74, 6) is 1.07. The molecule has 94 valence electrons. The van der Waals surface area contributed by atoms with E-state index >= 15 is 0 Å². The van der Waals surface area contributed by atoms with Gasteiger partial charge in [0, 0.05) is 0 Å². The molecule has 2 aromatic heterocycles. The number of nitriles is 1. The highest BCUT2D eigenvalue weighted by atomic mass is 32.1. The van der Waals surface area contributed by atoms with Crippen molar-refractivity contribution in [1.29, 1.82) is 5.26 Å². The number of hydrogen-bond donors (Lipinski definition) is 1. The van der Waals surface area contributed by atoms with E-state index in [0.717, 1.165) is 16.0 Å². The van der Waals surface area contributed by atoms with Crippen molar-refractivity contribution in [3.63, 3.8) is 0 Å². The van der Waals surface area contributed by atoms with E-state index < -0.39 is 0 Å². The van der Waals surface area contributed by atoms with Crippen LogP contribution in [0.3, 0.4) is 0 Å². The van der Waals surface area contributed by atoms with Crippen molar-refractivity contribution < 1.29 is 4.74 Å². The second kappa shape index (κ2) is 4.26. The van der Waals surface area contributed by atoms with Crippen molar-refractivity contribution in [3.05, 3.63) is 30.0 Å². The Labute approximate surface area is 112 Å². The Morgan fingerprint density at radius 1 is 1.47 bits per heavy atom. The van der Waals surface area contributed by atoms with Gasteiger partial charge in [0.15, 0.2) is 0 Å². The van der Waals surface area contributed by atoms with Gasteiger partial charge in [-0.2, -0.15) is 15.0 Å². The zero-order valence-electron chi connectivity index (χ0n) is 9.99. The van der Waals surface area contributed by atoms with E-state index in [4.69, 9.17) is 15.7 Å². The summed E-state index contributed by atoms with van der Waals surface area (Å²) in [5.41, 5.74) is 7.03. The average molecular weight is 271 g/mol. The molecule has 0 saturated carbocycles. The zero-order valence-corrected chi connectivity index (χ0v) is 10.8. The summed E-state index contributed by atoms with van der Waals surface area (Å²) in [4.78, 5) is 4.44. The number of nitrogens with two attached hydrogens (primary N) is 1. The summed E-state index contributed by atoms with van der Waals surface area (Å²) in [6.45, 7) is 0. The van der Waals surface area contributed by atoms with Crippen LogP contribution < -0.4 is 10.5 Å². The van der Waals surface area contributed by atoms with E-state index in [1.807, 2.05) is 24.3 Å². The van der Waals surface area contributed by atoms with Crippen molar-refractivity contribution in [2.75, 3.05) is 12.8 Å². The Kier molecular flexibility index (Phi) is 2.58. The van der Waals surface area contributed by atoms with E-state index in [-0.39, 0.29) is 0 Å². The van der Waals surface area contributed by atoms with Gasteiger partial charge in [-0.3, -0.25) is 0 Å². The van der Waals surface area contributed by atoms with E-state index in [1.54, 1.807) is 7.11 Å². The summed E-state index contributed by atoms with van der Waals surface area (Å²) in [5, 5.41) is 13.6. The first kappa shape index (κ1) is 11.5. The van der Waals surface area contributed by atoms with Gasteiger partial charge in [-0.05, 0) is 18.2 Å². The molecule has 0 aliphatic carbocycles. The average Bonchev–Trinajstić information content (AvgIpc) is 3.00. The Morgan fingerprint density at radius 2 is 2.32 bits per heavy atom. The molecule has 0 aliphatic rings. The number of ether oxygens (including phenoxy) is 1. The molecule has 0 radical (unpaired) electrons. The highest BCUT2D eigenvalue weighted by Crippen LogP contribution is 2.29. The van der Waals surface area contributed by atoms with Crippen LogP contribution in [0.5, 0.6) is 5.75 Å². The normalized spacial score (nSPS) is 10.5. The van der Waals surface area contributed by atoms with Gasteiger partial charge >= 0.3 is 0 Å². The molecule has 2 heterocycles. The molecule has 0 saturated heterocycles. The number of anilines is 1. The second-order valence-corrected chi connectivity index (χ2v) is 4.81. The highest BCUT2D eigenvalue weighted by Gasteiger charge is 2.13. The minimum Gasteiger partial charge on any atom is -0.497 e. The maximum absolute atomic E-state index is 8.87. The first-order chi connectivity index (χ1) is 9.22. The van der Waals surface area contributed by atoms with Crippen LogP contribution >= 0.6 is 11.3 Å². The van der Waals surface area contributed by atoms with Gasteiger partial charge in [0.25, 0.3) is 0 Å². The van der Waals surface area contributed by atoms with E-state index in [9.17, 15) is 0 Å². The topological polar surface area (TPSA) is 89.8 Å². The van der Waals surface area contributed by atoms with Crippen LogP contribution in [-0.2, 0) is 0 Å². The van der Waals surface area contributed by atoms with Gasteiger partial charge in [-0.1, -0.05) is 11.3 Å². The number of hydrogen-bond acceptors (Lipinski definition) is 6. The Hall–Kier alpha value is -2.59. The fourth-order valence-corrected chi connectivity index (χ4v) is 2.67. The number of nitrogens with zero attached hydrogens (tertiary/aromatic N) is 4. The molecule has 1 aromatic carbocycles. The van der Waals surface area contributed by atoms with Gasteiger partial charge in [0.1, 0.15) is 23.2 Å². The predicted molar refractivity (Wildman–Crippen MR) is 72.4 cm³/mol. The van der Waals surface area contributed by atoms with Crippen molar-refractivity contribution in [3.8, 4) is 17.0 Å². The fourth-order valence-electron chi connectivity index (χ4n) is 1.71. The molecule has 0 aliphatic heterocycles. The third-order valence-electron chi connectivity index (χ3n) is 2.69. The van der Waals surface area contributed by atoms with Crippen LogP contribution in [0.1, 0.15) is 5.56 Å². The zero-order chi connectivity index (χ0) is 13.4. The van der Waals surface area contributed by atoms with Crippen molar-refractivity contribution >= 4 is 27.4 Å². The lowest BCUT2D eigenvalue weighted by molar-refractivity contribution is 0.415. The molecule has 2 N–H and O–H groups in total. The number of nitrogen functional groups attached to an aromatic ring is 1. The summed E-state index contributed by atoms with van der Waals surface area (Å²) in [6, 6.07) is 7.61. The SMILES string of the molecule is COc1ccc2nc(-n3ncc(C#N)c3N)sc2c1. The van der Waals surface area contributed by atoms with Gasteiger partial charge in [0.05, 0.1) is 23.5 Å². The largest absolute Gasteiger partial charge is 0.497 e. The van der Waals surface area contributed by atoms with Crippen LogP contribution in [-0.4, -0.2) is 21.9 Å². The monoisotopic (exact) mass is 271 g/mol. The van der Waals surface area contributed by atoms with E-state index in [0.29, 0.717) is 16.5 Å². The van der Waals surface area contributed by atoms with Crippen molar-refractivity contribution in [2.45, 2.75) is 0 Å². The summed E-state index contributed by atoms with van der Waals surface area (Å²) in [6.07, 6.45) is 1.43. The molecular formula is C12H9N5OS. The second-order valence-electron chi connectivity index (χ2n) is 3.80. The lowest BCUT2D eigenvalue weighted by atomic mass is 10.3. The third kappa shape index (κ3) is 1.78. The summed E-state index contributed by atoms with van der Waals surface area (Å²) < 4.78 is 7.61. The van der Waals surface area contributed by atoms with Gasteiger partial charge in [0.2, 0.25) is 5.13 Å². The molecule has 3 aromatic rings. The molecule has 0 bridgehead atoms. The fraction of sp³-hybridized carbons (Fsp3) is 0.0833. The Bertz CT molecular complexity index is 798. The van der Waals surface area contributed by atoms with E-state index in [1.165, 1.54) is 22.2 Å². The standard InChI is InChI=1S/C12H9N5OS/c1-18-8-2-3-9-10(4-8)19-12(16-9)17-11(14)7(5-13)6-15-17/h2-4,6H,14H2,1H3. The molecule has 6 nitrogen and oxygen atoms in total. The number of benzene rings is 1. The molecule has 3 rings (SSSR count). The molecule has 7 heteroatoms. The Balaban J connectivity index is 2.15. The van der Waals surface area contributed by atoms with Crippen LogP contribution in [0.25, 0.3) is 15.3 Å². The lowest BCUT2D eigenvalue weighted by Crippen LogP contribution is -2.01. The smallest absolute Gasteiger partial charge is 0.213 e. The minimum atomic E-state index is 0.300. The molecule has 0 atom stereocenters. The molecule has 0 unspecified atom stereocenters. The van der Waals surface area contributed by atoms with Crippen LogP contribution in [0, 0.1) is 11.3 Å². The molecule has 0 fully saturated rings. The maximum atomic E-state index is 8.87. The molecular weight excluding hydrogens is 262 g/mol. The minimum absolute atomic E-state index is 0.300. The summed E-state index contributed by atoms with van der Waals surface area (Å²) >= 11 is 1.44. The number of methoxy groups -OCH3 is 1. The quantitative estimate of drug-likeness (QED) is 0.769. The van der Waals surface area contributed by atoms with Crippen molar-refractivity contribution in [2.24, 2.45) is 0 Å². The van der Waals surface area contributed by atoms with Gasteiger partial charge in [-0.25, -0.2) is 4.98 Å². The van der Waals surface area contributed by atoms with Crippen molar-refractivity contribution in [1.82, 2.24) is 14.8 Å². The number of rotatable bonds is 2. The first-order valence-electron chi connectivity index (χ1n) is 5.41. The number of fused-ring (bicyclic) bond motifs is 1. The highest BCUT2D eigenvalue weighted by molar-refractivity contribution is 7.20. The van der Waals surface area contributed by atoms with Gasteiger partial charge < -0.3 is 10.5 Å². The summed E-state index contributed by atoms with van der Waals surface area (Å²) in [7, 11) is 1.62. The third-order valence-corrected chi connectivity index (χ3v) is 3.69. The maximum Gasteiger partial charge on any atom is 0.213 e. The van der Waals surface area contributed by atoms with Crippen LogP contribution in [0.15, 0.2) is 24.4 Å². The predicted octanol–water partition coefficient (Wildman–Crippen LogP) is 1.94. The molecule has 19 heavy (non-hydrogen) atoms. The first-order valence-corrected chi connectivity index (χ1v) is 6.23.